The first-order valence-corrected chi connectivity index (χ1v) is 15.7. The molecule has 2 aromatic rings. The SMILES string of the molecule is CCCCCCCCCCCCCCCCCCOCCOC(=O)c1ccccc1Nc1cccc(C(F)(F)F)c1. The molecule has 0 spiro atoms. The van der Waals surface area contributed by atoms with Crippen molar-refractivity contribution in [1.29, 1.82) is 0 Å². The lowest BCUT2D eigenvalue weighted by atomic mass is 10.0. The van der Waals surface area contributed by atoms with Gasteiger partial charge in [-0.05, 0) is 36.8 Å². The van der Waals surface area contributed by atoms with Crippen molar-refractivity contribution in [1.82, 2.24) is 0 Å². The number of benzene rings is 2. The molecule has 0 aliphatic rings. The second-order valence-electron chi connectivity index (χ2n) is 10.8. The van der Waals surface area contributed by atoms with E-state index in [2.05, 4.69) is 12.2 Å². The number of ether oxygens (including phenoxy) is 2. The molecular formula is C34H50F3NO3. The van der Waals surface area contributed by atoms with Crippen LogP contribution in [0, 0.1) is 0 Å². The molecule has 230 valence electrons. The van der Waals surface area contributed by atoms with Crippen LogP contribution in [-0.4, -0.2) is 25.8 Å². The van der Waals surface area contributed by atoms with Gasteiger partial charge in [-0.25, -0.2) is 4.79 Å². The molecule has 0 radical (unpaired) electrons. The Bertz CT molecular complexity index is 964. The van der Waals surface area contributed by atoms with Gasteiger partial charge in [0.15, 0.2) is 0 Å². The molecule has 0 saturated carbocycles. The minimum atomic E-state index is -4.44. The fraction of sp³-hybridized carbons (Fsp3) is 0.618. The predicted octanol–water partition coefficient (Wildman–Crippen LogP) is 10.9. The van der Waals surface area contributed by atoms with Gasteiger partial charge in [-0.15, -0.1) is 0 Å². The third-order valence-corrected chi connectivity index (χ3v) is 7.22. The maximum absolute atomic E-state index is 13.0. The molecule has 2 aromatic carbocycles. The topological polar surface area (TPSA) is 47.6 Å². The number of esters is 1. The molecule has 0 atom stereocenters. The second-order valence-corrected chi connectivity index (χ2v) is 10.8. The number of nitrogens with one attached hydrogen (secondary N) is 1. The lowest BCUT2D eigenvalue weighted by Gasteiger charge is -2.13. The monoisotopic (exact) mass is 577 g/mol. The molecule has 41 heavy (non-hydrogen) atoms. The average molecular weight is 578 g/mol. The van der Waals surface area contributed by atoms with Crippen LogP contribution >= 0.6 is 0 Å². The first-order chi connectivity index (χ1) is 19.9. The lowest BCUT2D eigenvalue weighted by Crippen LogP contribution is -2.13. The van der Waals surface area contributed by atoms with E-state index < -0.39 is 17.7 Å². The minimum Gasteiger partial charge on any atom is -0.460 e. The zero-order chi connectivity index (χ0) is 29.6. The number of carbonyl (C=O) groups is 1. The van der Waals surface area contributed by atoms with E-state index in [1.165, 1.54) is 102 Å². The molecule has 0 saturated heterocycles. The summed E-state index contributed by atoms with van der Waals surface area (Å²) in [6.45, 7) is 3.34. The van der Waals surface area contributed by atoms with Gasteiger partial charge in [-0.1, -0.05) is 121 Å². The first-order valence-electron chi connectivity index (χ1n) is 15.7. The van der Waals surface area contributed by atoms with E-state index in [9.17, 15) is 18.0 Å². The summed E-state index contributed by atoms with van der Waals surface area (Å²) in [6, 6.07) is 11.4. The minimum absolute atomic E-state index is 0.121. The number of rotatable bonds is 23. The van der Waals surface area contributed by atoms with Crippen molar-refractivity contribution in [3.8, 4) is 0 Å². The maximum Gasteiger partial charge on any atom is 0.416 e. The van der Waals surface area contributed by atoms with Crippen molar-refractivity contribution in [3.63, 3.8) is 0 Å². The molecule has 0 aliphatic carbocycles. The van der Waals surface area contributed by atoms with Crippen molar-refractivity contribution in [2.45, 2.75) is 116 Å². The Morgan fingerprint density at radius 2 is 1.24 bits per heavy atom. The predicted molar refractivity (Wildman–Crippen MR) is 162 cm³/mol. The number of carbonyl (C=O) groups excluding carboxylic acids is 1. The molecule has 0 heterocycles. The summed E-state index contributed by atoms with van der Waals surface area (Å²) < 4.78 is 50.0. The zero-order valence-corrected chi connectivity index (χ0v) is 24.9. The normalized spacial score (nSPS) is 11.5. The summed E-state index contributed by atoms with van der Waals surface area (Å²) in [5.41, 5.74) is 0.111. The standard InChI is InChI=1S/C34H50F3NO3/c1-2-3-4-5-6-7-8-9-10-11-12-13-14-15-16-19-25-40-26-27-41-33(39)31-23-17-18-24-32(31)38-30-22-20-21-29(28-30)34(35,36)37/h17-18,20-24,28,38H,2-16,19,25-27H2,1H3. The highest BCUT2D eigenvalue weighted by Gasteiger charge is 2.30. The number of hydrogen-bond donors (Lipinski definition) is 1. The summed E-state index contributed by atoms with van der Waals surface area (Å²) >= 11 is 0. The molecule has 0 amide bonds. The molecular weight excluding hydrogens is 527 g/mol. The molecule has 1 N–H and O–H groups in total. The highest BCUT2D eigenvalue weighted by atomic mass is 19.4. The number of halogens is 3. The van der Waals surface area contributed by atoms with E-state index in [4.69, 9.17) is 9.47 Å². The average Bonchev–Trinajstić information content (AvgIpc) is 2.96. The van der Waals surface area contributed by atoms with E-state index in [0.29, 0.717) is 18.9 Å². The Morgan fingerprint density at radius 1 is 0.683 bits per heavy atom. The Labute approximate surface area is 245 Å². The molecule has 0 unspecified atom stereocenters. The number of alkyl halides is 3. The second kappa shape index (κ2) is 21.2. The number of unbranched alkanes of at least 4 members (excludes halogenated alkanes) is 15. The smallest absolute Gasteiger partial charge is 0.416 e. The van der Waals surface area contributed by atoms with Crippen LogP contribution in [0.15, 0.2) is 48.5 Å². The maximum atomic E-state index is 13.0. The van der Waals surface area contributed by atoms with E-state index in [-0.39, 0.29) is 17.9 Å². The molecule has 2 rings (SSSR count). The van der Waals surface area contributed by atoms with Crippen LogP contribution in [0.5, 0.6) is 0 Å². The Hall–Kier alpha value is -2.54. The molecule has 4 nitrogen and oxygen atoms in total. The highest BCUT2D eigenvalue weighted by Crippen LogP contribution is 2.32. The number of para-hydroxylation sites is 1. The third kappa shape index (κ3) is 15.9. The van der Waals surface area contributed by atoms with Crippen LogP contribution in [0.4, 0.5) is 24.5 Å². The van der Waals surface area contributed by atoms with Crippen LogP contribution in [0.3, 0.4) is 0 Å². The lowest BCUT2D eigenvalue weighted by molar-refractivity contribution is -0.137. The zero-order valence-electron chi connectivity index (χ0n) is 24.9. The van der Waals surface area contributed by atoms with Crippen molar-refractivity contribution in [2.24, 2.45) is 0 Å². The van der Waals surface area contributed by atoms with E-state index in [1.54, 1.807) is 24.3 Å². The molecule has 0 aliphatic heterocycles. The van der Waals surface area contributed by atoms with Gasteiger partial charge < -0.3 is 14.8 Å². The van der Waals surface area contributed by atoms with Crippen LogP contribution < -0.4 is 5.32 Å². The molecule has 0 aromatic heterocycles. The molecule has 0 bridgehead atoms. The molecule has 0 fully saturated rings. The van der Waals surface area contributed by atoms with Gasteiger partial charge in [0.25, 0.3) is 0 Å². The quantitative estimate of drug-likeness (QED) is 0.105. The number of hydrogen-bond acceptors (Lipinski definition) is 4. The number of anilines is 2. The summed E-state index contributed by atoms with van der Waals surface area (Å²) in [5.74, 6) is -0.550. The van der Waals surface area contributed by atoms with Crippen molar-refractivity contribution in [2.75, 3.05) is 25.1 Å². The fourth-order valence-electron chi connectivity index (χ4n) is 4.82. The van der Waals surface area contributed by atoms with Crippen molar-refractivity contribution < 1.29 is 27.4 Å². The van der Waals surface area contributed by atoms with Crippen LogP contribution in [0.1, 0.15) is 126 Å². The fourth-order valence-corrected chi connectivity index (χ4v) is 4.82. The van der Waals surface area contributed by atoms with Crippen LogP contribution in [-0.2, 0) is 15.7 Å². The van der Waals surface area contributed by atoms with Crippen LogP contribution in [0.2, 0.25) is 0 Å². The van der Waals surface area contributed by atoms with E-state index in [0.717, 1.165) is 25.0 Å². The molecule has 7 heteroatoms. The Morgan fingerprint density at radius 3 is 1.83 bits per heavy atom. The van der Waals surface area contributed by atoms with E-state index >= 15 is 0 Å². The summed E-state index contributed by atoms with van der Waals surface area (Å²) in [4.78, 5) is 12.6. The first kappa shape index (κ1) is 34.7. The van der Waals surface area contributed by atoms with Gasteiger partial charge in [0.2, 0.25) is 0 Å². The van der Waals surface area contributed by atoms with Crippen molar-refractivity contribution >= 4 is 17.3 Å². The summed E-state index contributed by atoms with van der Waals surface area (Å²) in [7, 11) is 0. The van der Waals surface area contributed by atoms with Crippen LogP contribution in [0.25, 0.3) is 0 Å². The van der Waals surface area contributed by atoms with Gasteiger partial charge in [-0.3, -0.25) is 0 Å². The Balaban J connectivity index is 1.47. The van der Waals surface area contributed by atoms with Gasteiger partial charge in [0.1, 0.15) is 6.61 Å². The Kier molecular flexibility index (Phi) is 17.9. The van der Waals surface area contributed by atoms with Gasteiger partial charge in [0, 0.05) is 12.3 Å². The summed E-state index contributed by atoms with van der Waals surface area (Å²) in [5, 5.41) is 2.90. The highest BCUT2D eigenvalue weighted by molar-refractivity contribution is 5.96. The van der Waals surface area contributed by atoms with Gasteiger partial charge in [0.05, 0.1) is 23.4 Å². The third-order valence-electron chi connectivity index (χ3n) is 7.22. The van der Waals surface area contributed by atoms with Gasteiger partial charge >= 0.3 is 12.1 Å². The van der Waals surface area contributed by atoms with Crippen molar-refractivity contribution in [3.05, 3.63) is 59.7 Å². The summed E-state index contributed by atoms with van der Waals surface area (Å²) in [6.07, 6.45) is 16.8. The van der Waals surface area contributed by atoms with E-state index in [1.807, 2.05) is 0 Å². The largest absolute Gasteiger partial charge is 0.460 e. The van der Waals surface area contributed by atoms with Gasteiger partial charge in [-0.2, -0.15) is 13.2 Å².